The van der Waals surface area contributed by atoms with Gasteiger partial charge in [-0.2, -0.15) is 0 Å². The standard InChI is InChI=1S/C15H27NO2/c1-7-8-9-12-16-15(5,6)11-10-13(17)18-14(2,3)4/h1,16H,8-12H2,2-6H3. The summed E-state index contributed by atoms with van der Waals surface area (Å²) in [5.41, 5.74) is -0.465. The first-order chi connectivity index (χ1) is 8.16. The van der Waals surface area contributed by atoms with Crippen molar-refractivity contribution >= 4 is 5.97 Å². The van der Waals surface area contributed by atoms with E-state index >= 15 is 0 Å². The zero-order chi connectivity index (χ0) is 14.2. The van der Waals surface area contributed by atoms with Gasteiger partial charge < -0.3 is 10.1 Å². The van der Waals surface area contributed by atoms with Gasteiger partial charge in [0.1, 0.15) is 5.60 Å². The van der Waals surface area contributed by atoms with Crippen LogP contribution in [-0.2, 0) is 9.53 Å². The van der Waals surface area contributed by atoms with E-state index in [1.807, 2.05) is 20.8 Å². The number of hydrogen-bond acceptors (Lipinski definition) is 3. The SMILES string of the molecule is C#CCCCNC(C)(C)CCC(=O)OC(C)(C)C. The molecule has 0 aromatic carbocycles. The second-order valence-corrected chi connectivity index (χ2v) is 6.20. The van der Waals surface area contributed by atoms with Crippen LogP contribution in [0, 0.1) is 12.3 Å². The Morgan fingerprint density at radius 2 is 1.89 bits per heavy atom. The predicted molar refractivity (Wildman–Crippen MR) is 75.2 cm³/mol. The summed E-state index contributed by atoms with van der Waals surface area (Å²) in [4.78, 5) is 11.6. The second-order valence-electron chi connectivity index (χ2n) is 6.20. The molecule has 18 heavy (non-hydrogen) atoms. The van der Waals surface area contributed by atoms with Crippen LogP contribution in [0.25, 0.3) is 0 Å². The number of esters is 1. The fourth-order valence-electron chi connectivity index (χ4n) is 1.51. The molecule has 0 saturated carbocycles. The number of carbonyl (C=O) groups excluding carboxylic acids is 1. The lowest BCUT2D eigenvalue weighted by Gasteiger charge is -2.27. The minimum absolute atomic E-state index is 0.0640. The van der Waals surface area contributed by atoms with Crippen LogP contribution in [0.4, 0.5) is 0 Å². The van der Waals surface area contributed by atoms with Crippen molar-refractivity contribution in [2.75, 3.05) is 6.54 Å². The van der Waals surface area contributed by atoms with Gasteiger partial charge in [-0.3, -0.25) is 4.79 Å². The lowest BCUT2D eigenvalue weighted by Crippen LogP contribution is -2.40. The molecular formula is C15H27NO2. The van der Waals surface area contributed by atoms with Crippen molar-refractivity contribution in [2.24, 2.45) is 0 Å². The van der Waals surface area contributed by atoms with Crippen molar-refractivity contribution in [1.29, 1.82) is 0 Å². The minimum Gasteiger partial charge on any atom is -0.460 e. The van der Waals surface area contributed by atoms with Crippen LogP contribution in [-0.4, -0.2) is 23.7 Å². The molecule has 0 aliphatic rings. The number of carbonyl (C=O) groups is 1. The fraction of sp³-hybridized carbons (Fsp3) is 0.800. The largest absolute Gasteiger partial charge is 0.460 e. The maximum absolute atomic E-state index is 11.6. The number of ether oxygens (including phenoxy) is 1. The molecule has 0 radical (unpaired) electrons. The van der Waals surface area contributed by atoms with Gasteiger partial charge in [0.05, 0.1) is 0 Å². The molecule has 1 N–H and O–H groups in total. The molecule has 0 rings (SSSR count). The Kier molecular flexibility index (Phi) is 7.01. The summed E-state index contributed by atoms with van der Waals surface area (Å²) in [6.07, 6.45) is 8.15. The highest BCUT2D eigenvalue weighted by molar-refractivity contribution is 5.69. The molecule has 0 aromatic heterocycles. The van der Waals surface area contributed by atoms with Crippen molar-refractivity contribution in [2.45, 2.75) is 71.4 Å². The third-order valence-electron chi connectivity index (χ3n) is 2.48. The molecule has 3 nitrogen and oxygen atoms in total. The summed E-state index contributed by atoms with van der Waals surface area (Å²) in [5, 5.41) is 3.41. The minimum atomic E-state index is -0.401. The van der Waals surface area contributed by atoms with Crippen LogP contribution in [0.1, 0.15) is 60.3 Å². The van der Waals surface area contributed by atoms with Crippen molar-refractivity contribution in [1.82, 2.24) is 5.32 Å². The van der Waals surface area contributed by atoms with E-state index < -0.39 is 5.60 Å². The zero-order valence-electron chi connectivity index (χ0n) is 12.4. The molecule has 0 amide bonds. The van der Waals surface area contributed by atoms with Crippen LogP contribution in [0.5, 0.6) is 0 Å². The maximum Gasteiger partial charge on any atom is 0.306 e. The number of nitrogens with one attached hydrogen (secondary N) is 1. The van der Waals surface area contributed by atoms with Gasteiger partial charge in [0.15, 0.2) is 0 Å². The third-order valence-corrected chi connectivity index (χ3v) is 2.48. The predicted octanol–water partition coefficient (Wildman–Crippen LogP) is 2.89. The summed E-state index contributed by atoms with van der Waals surface area (Å²) in [6, 6.07) is 0. The van der Waals surface area contributed by atoms with Gasteiger partial charge in [-0.05, 0) is 54.0 Å². The van der Waals surface area contributed by atoms with Crippen LogP contribution in [0.2, 0.25) is 0 Å². The molecule has 0 aliphatic carbocycles. The summed E-state index contributed by atoms with van der Waals surface area (Å²) >= 11 is 0. The smallest absolute Gasteiger partial charge is 0.306 e. The van der Waals surface area contributed by atoms with Gasteiger partial charge in [-0.15, -0.1) is 12.3 Å². The van der Waals surface area contributed by atoms with E-state index in [1.165, 1.54) is 0 Å². The third kappa shape index (κ3) is 10.2. The Bertz CT molecular complexity index is 295. The maximum atomic E-state index is 11.6. The van der Waals surface area contributed by atoms with Gasteiger partial charge >= 0.3 is 5.97 Å². The topological polar surface area (TPSA) is 38.3 Å². The van der Waals surface area contributed by atoms with E-state index in [0.29, 0.717) is 6.42 Å². The van der Waals surface area contributed by atoms with Crippen LogP contribution < -0.4 is 5.32 Å². The van der Waals surface area contributed by atoms with E-state index in [2.05, 4.69) is 25.1 Å². The van der Waals surface area contributed by atoms with Crippen molar-refractivity contribution in [3.8, 4) is 12.3 Å². The molecule has 0 heterocycles. The van der Waals surface area contributed by atoms with Crippen LogP contribution in [0.15, 0.2) is 0 Å². The van der Waals surface area contributed by atoms with E-state index in [0.717, 1.165) is 25.8 Å². The first-order valence-electron chi connectivity index (χ1n) is 6.57. The molecule has 0 saturated heterocycles. The normalized spacial score (nSPS) is 12.0. The van der Waals surface area contributed by atoms with E-state index in [4.69, 9.17) is 11.2 Å². The molecular weight excluding hydrogens is 226 g/mol. The highest BCUT2D eigenvalue weighted by Crippen LogP contribution is 2.15. The first-order valence-corrected chi connectivity index (χ1v) is 6.57. The average molecular weight is 253 g/mol. The van der Waals surface area contributed by atoms with Gasteiger partial charge in [0.2, 0.25) is 0 Å². The summed E-state index contributed by atoms with van der Waals surface area (Å²) in [5.74, 6) is 2.48. The summed E-state index contributed by atoms with van der Waals surface area (Å²) in [6.45, 7) is 10.7. The van der Waals surface area contributed by atoms with Crippen molar-refractivity contribution in [3.63, 3.8) is 0 Å². The molecule has 0 unspecified atom stereocenters. The molecule has 104 valence electrons. The molecule has 0 spiro atoms. The van der Waals surface area contributed by atoms with Gasteiger partial charge in [-0.1, -0.05) is 0 Å². The van der Waals surface area contributed by atoms with E-state index in [-0.39, 0.29) is 11.5 Å². The quantitative estimate of drug-likeness (QED) is 0.431. The molecule has 0 aromatic rings. The number of terminal acetylenes is 1. The van der Waals surface area contributed by atoms with Crippen molar-refractivity contribution in [3.05, 3.63) is 0 Å². The Morgan fingerprint density at radius 3 is 2.39 bits per heavy atom. The molecule has 0 atom stereocenters. The molecule has 0 aliphatic heterocycles. The van der Waals surface area contributed by atoms with E-state index in [1.54, 1.807) is 0 Å². The Labute approximate surface area is 112 Å². The zero-order valence-corrected chi connectivity index (χ0v) is 12.4. The fourth-order valence-corrected chi connectivity index (χ4v) is 1.51. The number of hydrogen-bond donors (Lipinski definition) is 1. The first kappa shape index (κ1) is 17.0. The second kappa shape index (κ2) is 7.43. The highest BCUT2D eigenvalue weighted by atomic mass is 16.6. The number of rotatable bonds is 7. The van der Waals surface area contributed by atoms with Crippen LogP contribution >= 0.6 is 0 Å². The lowest BCUT2D eigenvalue weighted by molar-refractivity contribution is -0.155. The van der Waals surface area contributed by atoms with Gasteiger partial charge in [0, 0.05) is 18.4 Å². The molecule has 3 heteroatoms. The Morgan fingerprint density at radius 1 is 1.28 bits per heavy atom. The van der Waals surface area contributed by atoms with Gasteiger partial charge in [0.25, 0.3) is 0 Å². The summed E-state index contributed by atoms with van der Waals surface area (Å²) in [7, 11) is 0. The van der Waals surface area contributed by atoms with Crippen LogP contribution in [0.3, 0.4) is 0 Å². The van der Waals surface area contributed by atoms with E-state index in [9.17, 15) is 4.79 Å². The van der Waals surface area contributed by atoms with Crippen molar-refractivity contribution < 1.29 is 9.53 Å². The highest BCUT2D eigenvalue weighted by Gasteiger charge is 2.21. The lowest BCUT2D eigenvalue weighted by atomic mass is 9.98. The number of unbranched alkanes of at least 4 members (excludes halogenated alkanes) is 1. The Balaban J connectivity index is 3.89. The molecule has 0 bridgehead atoms. The van der Waals surface area contributed by atoms with Gasteiger partial charge in [-0.25, -0.2) is 0 Å². The molecule has 0 fully saturated rings. The summed E-state index contributed by atoms with van der Waals surface area (Å²) < 4.78 is 5.28. The Hall–Kier alpha value is -1.01. The average Bonchev–Trinajstić information content (AvgIpc) is 2.20. The monoisotopic (exact) mass is 253 g/mol.